The fourth-order valence-electron chi connectivity index (χ4n) is 2.00. The van der Waals surface area contributed by atoms with Gasteiger partial charge in [-0.15, -0.1) is 11.3 Å². The molecule has 0 radical (unpaired) electrons. The van der Waals surface area contributed by atoms with Gasteiger partial charge in [0.1, 0.15) is 4.90 Å². The first-order valence-corrected chi connectivity index (χ1v) is 8.66. The number of benzene rings is 1. The lowest BCUT2D eigenvalue weighted by atomic mass is 10.1. The highest BCUT2D eigenvalue weighted by Gasteiger charge is 2.20. The van der Waals surface area contributed by atoms with Crippen molar-refractivity contribution < 1.29 is 8.42 Å². The van der Waals surface area contributed by atoms with Crippen LogP contribution in [0.15, 0.2) is 34.5 Å². The van der Waals surface area contributed by atoms with Crippen molar-refractivity contribution in [3.8, 4) is 0 Å². The maximum Gasteiger partial charge on any atom is 0.242 e. The Hall–Kier alpha value is -1.37. The molecule has 0 saturated carbocycles. The number of thiophene rings is 1. The van der Waals surface area contributed by atoms with Crippen LogP contribution in [0.25, 0.3) is 0 Å². The van der Waals surface area contributed by atoms with E-state index in [9.17, 15) is 8.42 Å². The fraction of sp³-hybridized carbons (Fsp3) is 0.286. The van der Waals surface area contributed by atoms with Crippen LogP contribution in [0.1, 0.15) is 16.0 Å². The summed E-state index contributed by atoms with van der Waals surface area (Å²) in [5, 5.41) is 1.98. The zero-order valence-corrected chi connectivity index (χ0v) is 13.1. The van der Waals surface area contributed by atoms with Crippen LogP contribution in [-0.4, -0.2) is 15.0 Å². The smallest absolute Gasteiger partial charge is 0.242 e. The fourth-order valence-corrected chi connectivity index (χ4v) is 4.17. The van der Waals surface area contributed by atoms with Crippen LogP contribution in [0.2, 0.25) is 0 Å². The normalized spacial score (nSPS) is 11.7. The van der Waals surface area contributed by atoms with Crippen LogP contribution in [0.4, 0.5) is 5.69 Å². The molecule has 3 N–H and O–H groups in total. The van der Waals surface area contributed by atoms with Crippen LogP contribution < -0.4 is 10.5 Å². The summed E-state index contributed by atoms with van der Waals surface area (Å²) in [6, 6.07) is 7.55. The largest absolute Gasteiger partial charge is 0.397 e. The first-order chi connectivity index (χ1) is 9.42. The summed E-state index contributed by atoms with van der Waals surface area (Å²) in [6.45, 7) is 3.93. The molecule has 4 nitrogen and oxygen atoms in total. The van der Waals surface area contributed by atoms with Crippen molar-refractivity contribution in [3.05, 3.63) is 45.6 Å². The molecule has 0 saturated heterocycles. The molecule has 0 bridgehead atoms. The van der Waals surface area contributed by atoms with Gasteiger partial charge < -0.3 is 5.73 Å². The van der Waals surface area contributed by atoms with Crippen molar-refractivity contribution in [2.75, 3.05) is 12.3 Å². The topological polar surface area (TPSA) is 72.2 Å². The van der Waals surface area contributed by atoms with Gasteiger partial charge in [0.05, 0.1) is 5.69 Å². The van der Waals surface area contributed by atoms with E-state index in [0.717, 1.165) is 10.4 Å². The molecular weight excluding hydrogens is 292 g/mol. The number of aryl methyl sites for hydroxylation is 2. The molecule has 1 heterocycles. The summed E-state index contributed by atoms with van der Waals surface area (Å²) >= 11 is 1.62. The average Bonchev–Trinajstić information content (AvgIpc) is 2.87. The molecule has 0 atom stereocenters. The van der Waals surface area contributed by atoms with E-state index in [1.54, 1.807) is 31.3 Å². The third-order valence-corrected chi connectivity index (χ3v) is 5.72. The zero-order chi connectivity index (χ0) is 14.8. The predicted octanol–water partition coefficient (Wildman–Crippen LogP) is 2.47. The summed E-state index contributed by atoms with van der Waals surface area (Å²) in [5.74, 6) is 0. The van der Waals surface area contributed by atoms with Gasteiger partial charge in [0.15, 0.2) is 0 Å². The van der Waals surface area contributed by atoms with Crippen molar-refractivity contribution >= 4 is 27.0 Å². The number of rotatable bonds is 5. The summed E-state index contributed by atoms with van der Waals surface area (Å²) in [7, 11) is -3.57. The van der Waals surface area contributed by atoms with Crippen LogP contribution in [0.5, 0.6) is 0 Å². The number of nitrogen functional groups attached to an aromatic ring is 1. The minimum absolute atomic E-state index is 0.198. The molecule has 0 unspecified atom stereocenters. The van der Waals surface area contributed by atoms with E-state index in [-0.39, 0.29) is 4.90 Å². The van der Waals surface area contributed by atoms with E-state index in [2.05, 4.69) is 4.72 Å². The summed E-state index contributed by atoms with van der Waals surface area (Å²) in [4.78, 5) is 1.35. The van der Waals surface area contributed by atoms with Crippen LogP contribution in [0.3, 0.4) is 0 Å². The molecule has 0 fully saturated rings. The standard InChI is InChI=1S/C14H18N2O2S2/c1-10-5-6-11(2)14(13(10)15)20(17,18)16-8-7-12-4-3-9-19-12/h3-6,9,16H,7-8,15H2,1-2H3. The Bertz CT molecular complexity index is 692. The molecular formula is C14H18N2O2S2. The minimum Gasteiger partial charge on any atom is -0.397 e. The van der Waals surface area contributed by atoms with E-state index < -0.39 is 10.0 Å². The second-order valence-electron chi connectivity index (χ2n) is 4.67. The molecule has 6 heteroatoms. The molecule has 20 heavy (non-hydrogen) atoms. The lowest BCUT2D eigenvalue weighted by molar-refractivity contribution is 0.581. The molecule has 0 amide bonds. The Kier molecular flexibility index (Phi) is 4.47. The number of hydrogen-bond donors (Lipinski definition) is 2. The van der Waals surface area contributed by atoms with Crippen molar-refractivity contribution in [1.82, 2.24) is 4.72 Å². The SMILES string of the molecule is Cc1ccc(C)c(S(=O)(=O)NCCc2cccs2)c1N. The van der Waals surface area contributed by atoms with Crippen LogP contribution in [0, 0.1) is 13.8 Å². The van der Waals surface area contributed by atoms with Gasteiger partial charge in [-0.05, 0) is 42.8 Å². The highest BCUT2D eigenvalue weighted by atomic mass is 32.2. The Labute approximate surface area is 123 Å². The maximum absolute atomic E-state index is 12.4. The van der Waals surface area contributed by atoms with Crippen LogP contribution in [-0.2, 0) is 16.4 Å². The monoisotopic (exact) mass is 310 g/mol. The van der Waals surface area contributed by atoms with E-state index in [0.29, 0.717) is 24.2 Å². The molecule has 0 spiro atoms. The predicted molar refractivity (Wildman–Crippen MR) is 83.5 cm³/mol. The van der Waals surface area contributed by atoms with E-state index >= 15 is 0 Å². The van der Waals surface area contributed by atoms with E-state index in [1.807, 2.05) is 23.6 Å². The lowest BCUT2D eigenvalue weighted by Gasteiger charge is -2.13. The molecule has 108 valence electrons. The van der Waals surface area contributed by atoms with Gasteiger partial charge in [0, 0.05) is 11.4 Å². The molecule has 0 aliphatic rings. The number of sulfonamides is 1. The van der Waals surface area contributed by atoms with Gasteiger partial charge in [0.25, 0.3) is 0 Å². The highest BCUT2D eigenvalue weighted by molar-refractivity contribution is 7.89. The number of nitrogens with one attached hydrogen (secondary N) is 1. The third-order valence-electron chi connectivity index (χ3n) is 3.12. The average molecular weight is 310 g/mol. The third kappa shape index (κ3) is 3.20. The van der Waals surface area contributed by atoms with Gasteiger partial charge in [0.2, 0.25) is 10.0 Å². The quantitative estimate of drug-likeness (QED) is 0.833. The molecule has 1 aromatic carbocycles. The lowest BCUT2D eigenvalue weighted by Crippen LogP contribution is -2.27. The van der Waals surface area contributed by atoms with E-state index in [1.165, 1.54) is 0 Å². The van der Waals surface area contributed by atoms with Crippen molar-refractivity contribution in [3.63, 3.8) is 0 Å². The van der Waals surface area contributed by atoms with Gasteiger partial charge in [-0.2, -0.15) is 0 Å². The molecule has 0 aliphatic heterocycles. The van der Waals surface area contributed by atoms with Gasteiger partial charge in [-0.1, -0.05) is 18.2 Å². The summed E-state index contributed by atoms with van der Waals surface area (Å²) in [6.07, 6.45) is 0.682. The first kappa shape index (κ1) is 15.0. The molecule has 2 rings (SSSR count). The Morgan fingerprint density at radius 2 is 1.90 bits per heavy atom. The second kappa shape index (κ2) is 5.95. The van der Waals surface area contributed by atoms with Gasteiger partial charge in [-0.3, -0.25) is 0 Å². The number of hydrogen-bond acceptors (Lipinski definition) is 4. The van der Waals surface area contributed by atoms with Crippen molar-refractivity contribution in [2.24, 2.45) is 0 Å². The zero-order valence-electron chi connectivity index (χ0n) is 11.5. The Balaban J connectivity index is 2.16. The van der Waals surface area contributed by atoms with Crippen molar-refractivity contribution in [2.45, 2.75) is 25.2 Å². The number of anilines is 1. The molecule has 1 aromatic heterocycles. The van der Waals surface area contributed by atoms with Crippen molar-refractivity contribution in [1.29, 1.82) is 0 Å². The van der Waals surface area contributed by atoms with Crippen LogP contribution >= 0.6 is 11.3 Å². The van der Waals surface area contributed by atoms with Gasteiger partial charge >= 0.3 is 0 Å². The Morgan fingerprint density at radius 3 is 2.55 bits per heavy atom. The highest BCUT2D eigenvalue weighted by Crippen LogP contribution is 2.25. The summed E-state index contributed by atoms with van der Waals surface area (Å²) in [5.41, 5.74) is 7.68. The second-order valence-corrected chi connectivity index (χ2v) is 7.41. The van der Waals surface area contributed by atoms with Gasteiger partial charge in [-0.25, -0.2) is 13.1 Å². The Morgan fingerprint density at radius 1 is 1.20 bits per heavy atom. The van der Waals surface area contributed by atoms with E-state index in [4.69, 9.17) is 5.73 Å². The summed E-state index contributed by atoms with van der Waals surface area (Å²) < 4.78 is 27.4. The maximum atomic E-state index is 12.4. The molecule has 0 aliphatic carbocycles. The first-order valence-electron chi connectivity index (χ1n) is 6.29. The number of nitrogens with two attached hydrogens (primary N) is 1. The molecule has 2 aromatic rings. The minimum atomic E-state index is -3.57.